The molecule has 29 heavy (non-hydrogen) atoms. The van der Waals surface area contributed by atoms with Crippen molar-refractivity contribution in [1.29, 1.82) is 0 Å². The highest BCUT2D eigenvalue weighted by molar-refractivity contribution is 7.89. The molecule has 3 heterocycles. The molecule has 4 rings (SSSR count). The Morgan fingerprint density at radius 3 is 2.55 bits per heavy atom. The predicted octanol–water partition coefficient (Wildman–Crippen LogP) is 3.15. The third-order valence-corrected chi connectivity index (χ3v) is 7.45. The minimum atomic E-state index is -3.52. The van der Waals surface area contributed by atoms with Crippen molar-refractivity contribution in [3.63, 3.8) is 0 Å². The molecule has 8 nitrogen and oxygen atoms in total. The van der Waals surface area contributed by atoms with Crippen LogP contribution < -0.4 is 5.32 Å². The molecule has 10 heteroatoms. The largest absolute Gasteiger partial charge is 0.407 e. The van der Waals surface area contributed by atoms with Crippen LogP contribution in [0.5, 0.6) is 0 Å². The molecule has 152 valence electrons. The maximum Gasteiger partial charge on any atom is 0.322 e. The van der Waals surface area contributed by atoms with E-state index in [9.17, 15) is 13.2 Å². The van der Waals surface area contributed by atoms with Crippen LogP contribution in [0, 0.1) is 0 Å². The van der Waals surface area contributed by atoms with E-state index < -0.39 is 15.9 Å². The Labute approximate surface area is 172 Å². The Morgan fingerprint density at radius 1 is 1.10 bits per heavy atom. The molecule has 0 saturated carbocycles. The summed E-state index contributed by atoms with van der Waals surface area (Å²) < 4.78 is 32.3. The van der Waals surface area contributed by atoms with Gasteiger partial charge in [0.05, 0.1) is 11.3 Å². The summed E-state index contributed by atoms with van der Waals surface area (Å²) in [5.74, 6) is -0.0380. The number of carbonyl (C=O) groups excluding carboxylic acids is 1. The van der Waals surface area contributed by atoms with Crippen LogP contribution in [0.1, 0.15) is 40.4 Å². The van der Waals surface area contributed by atoms with Gasteiger partial charge >= 0.3 is 6.01 Å². The summed E-state index contributed by atoms with van der Waals surface area (Å²) in [6, 6.07) is 9.78. The smallest absolute Gasteiger partial charge is 0.322 e. The Bertz CT molecular complexity index is 1070. The second-order valence-electron chi connectivity index (χ2n) is 6.70. The Hall–Kier alpha value is -2.56. The molecule has 0 unspecified atom stereocenters. The number of carbonyl (C=O) groups is 1. The summed E-state index contributed by atoms with van der Waals surface area (Å²) in [6.45, 7) is 1.07. The molecule has 1 N–H and O–H groups in total. The number of piperidine rings is 1. The van der Waals surface area contributed by atoms with Gasteiger partial charge in [0.2, 0.25) is 15.9 Å². The van der Waals surface area contributed by atoms with Crippen molar-refractivity contribution in [2.75, 3.05) is 18.4 Å². The van der Waals surface area contributed by atoms with Crippen LogP contribution in [0.2, 0.25) is 0 Å². The summed E-state index contributed by atoms with van der Waals surface area (Å²) in [6.07, 6.45) is 3.30. The lowest BCUT2D eigenvalue weighted by Crippen LogP contribution is -2.35. The predicted molar refractivity (Wildman–Crippen MR) is 108 cm³/mol. The van der Waals surface area contributed by atoms with Gasteiger partial charge in [-0.2, -0.15) is 4.31 Å². The highest BCUT2D eigenvalue weighted by atomic mass is 32.2. The molecule has 2 aromatic heterocycles. The maximum absolute atomic E-state index is 12.7. The number of hydrogen-bond donors (Lipinski definition) is 1. The zero-order valence-corrected chi connectivity index (χ0v) is 17.2. The van der Waals surface area contributed by atoms with Crippen LogP contribution in [0.25, 0.3) is 0 Å². The zero-order valence-electron chi connectivity index (χ0n) is 15.6. The topological polar surface area (TPSA) is 105 Å². The first kappa shape index (κ1) is 19.7. The zero-order chi connectivity index (χ0) is 20.3. The maximum atomic E-state index is 12.7. The van der Waals surface area contributed by atoms with Crippen molar-refractivity contribution in [2.45, 2.75) is 30.6 Å². The monoisotopic (exact) mass is 432 g/mol. The number of nitrogens with one attached hydrogen (secondary N) is 1. The van der Waals surface area contributed by atoms with Crippen LogP contribution in [-0.2, 0) is 16.4 Å². The van der Waals surface area contributed by atoms with Gasteiger partial charge in [0.25, 0.3) is 5.91 Å². The van der Waals surface area contributed by atoms with Gasteiger partial charge in [0.1, 0.15) is 0 Å². The van der Waals surface area contributed by atoms with Gasteiger partial charge in [-0.25, -0.2) is 8.42 Å². The average Bonchev–Trinajstić information content (AvgIpc) is 3.41. The van der Waals surface area contributed by atoms with Gasteiger partial charge in [-0.15, -0.1) is 16.4 Å². The van der Waals surface area contributed by atoms with Gasteiger partial charge < -0.3 is 4.42 Å². The molecule has 1 amide bonds. The third kappa shape index (κ3) is 4.55. The molecular weight excluding hydrogens is 412 g/mol. The molecule has 0 bridgehead atoms. The van der Waals surface area contributed by atoms with Crippen molar-refractivity contribution in [2.24, 2.45) is 0 Å². The number of rotatable bonds is 6. The molecule has 1 aliphatic heterocycles. The average molecular weight is 433 g/mol. The first-order valence-electron chi connectivity index (χ1n) is 9.29. The number of amides is 1. The van der Waals surface area contributed by atoms with Crippen LogP contribution >= 0.6 is 11.3 Å². The van der Waals surface area contributed by atoms with E-state index in [1.807, 2.05) is 17.5 Å². The minimum Gasteiger partial charge on any atom is -0.407 e. The molecule has 0 atom stereocenters. The van der Waals surface area contributed by atoms with Crippen LogP contribution in [-0.4, -0.2) is 41.9 Å². The molecule has 3 aromatic rings. The third-order valence-electron chi connectivity index (χ3n) is 4.66. The fraction of sp³-hybridized carbons (Fsp3) is 0.316. The molecule has 0 aliphatic carbocycles. The van der Waals surface area contributed by atoms with Crippen LogP contribution in [0.15, 0.2) is 51.1 Å². The van der Waals surface area contributed by atoms with Crippen molar-refractivity contribution in [3.8, 4) is 0 Å². The number of anilines is 1. The Kier molecular flexibility index (Phi) is 5.74. The lowest BCUT2D eigenvalue weighted by Gasteiger charge is -2.25. The van der Waals surface area contributed by atoms with E-state index in [0.29, 0.717) is 31.0 Å². The number of aromatic nitrogens is 2. The van der Waals surface area contributed by atoms with E-state index in [1.54, 1.807) is 11.3 Å². The summed E-state index contributed by atoms with van der Waals surface area (Å²) in [5.41, 5.74) is 0.306. The van der Waals surface area contributed by atoms with E-state index in [-0.39, 0.29) is 10.9 Å². The lowest BCUT2D eigenvalue weighted by molar-refractivity contribution is 0.102. The van der Waals surface area contributed by atoms with Gasteiger partial charge in [-0.1, -0.05) is 17.6 Å². The summed E-state index contributed by atoms with van der Waals surface area (Å²) in [4.78, 5) is 13.7. The second-order valence-corrected chi connectivity index (χ2v) is 9.67. The quantitative estimate of drug-likeness (QED) is 0.641. The molecule has 1 fully saturated rings. The second kappa shape index (κ2) is 8.44. The minimum absolute atomic E-state index is 0.00608. The van der Waals surface area contributed by atoms with Crippen molar-refractivity contribution < 1.29 is 17.6 Å². The van der Waals surface area contributed by atoms with Gasteiger partial charge in [-0.3, -0.25) is 10.1 Å². The molecule has 0 radical (unpaired) electrons. The van der Waals surface area contributed by atoms with Gasteiger partial charge in [-0.05, 0) is 48.6 Å². The van der Waals surface area contributed by atoms with Crippen molar-refractivity contribution in [1.82, 2.24) is 14.5 Å². The van der Waals surface area contributed by atoms with Crippen molar-refractivity contribution in [3.05, 3.63) is 58.1 Å². The first-order chi connectivity index (χ1) is 14.0. The normalized spacial score (nSPS) is 15.3. The SMILES string of the molecule is O=C(Nc1nnc(Cc2cccs2)o1)c1ccc(S(=O)(=O)N2CCCCC2)cc1. The number of thiophene rings is 1. The molecule has 1 saturated heterocycles. The van der Waals surface area contributed by atoms with Crippen molar-refractivity contribution >= 4 is 33.3 Å². The number of hydrogen-bond acceptors (Lipinski definition) is 7. The van der Waals surface area contributed by atoms with Crippen LogP contribution in [0.3, 0.4) is 0 Å². The molecule has 0 spiro atoms. The molecule has 1 aliphatic rings. The van der Waals surface area contributed by atoms with E-state index >= 15 is 0 Å². The number of nitrogens with zero attached hydrogens (tertiary/aromatic N) is 3. The highest BCUT2D eigenvalue weighted by Crippen LogP contribution is 2.21. The first-order valence-corrected chi connectivity index (χ1v) is 11.6. The fourth-order valence-electron chi connectivity index (χ4n) is 3.14. The Morgan fingerprint density at radius 2 is 1.86 bits per heavy atom. The molecular formula is C19H20N4O4S2. The number of benzene rings is 1. The van der Waals surface area contributed by atoms with Gasteiger partial charge in [0.15, 0.2) is 0 Å². The fourth-order valence-corrected chi connectivity index (χ4v) is 5.35. The number of sulfonamides is 1. The van der Waals surface area contributed by atoms with Gasteiger partial charge in [0, 0.05) is 23.5 Å². The standard InChI is InChI=1S/C19H20N4O4S2/c24-18(20-19-22-21-17(27-19)13-15-5-4-12-28-15)14-6-8-16(9-7-14)29(25,26)23-10-2-1-3-11-23/h4-9,12H,1-3,10-11,13H2,(H,20,22,24). The summed E-state index contributed by atoms with van der Waals surface area (Å²) in [7, 11) is -3.52. The van der Waals surface area contributed by atoms with E-state index in [1.165, 1.54) is 28.6 Å². The van der Waals surface area contributed by atoms with E-state index in [2.05, 4.69) is 15.5 Å². The summed E-state index contributed by atoms with van der Waals surface area (Å²) in [5, 5.41) is 12.3. The molecule has 1 aromatic carbocycles. The van der Waals surface area contributed by atoms with E-state index in [0.717, 1.165) is 24.1 Å². The Balaban J connectivity index is 1.41. The highest BCUT2D eigenvalue weighted by Gasteiger charge is 2.26. The lowest BCUT2D eigenvalue weighted by atomic mass is 10.2. The van der Waals surface area contributed by atoms with E-state index in [4.69, 9.17) is 4.42 Å². The summed E-state index contributed by atoms with van der Waals surface area (Å²) >= 11 is 1.58. The van der Waals surface area contributed by atoms with Crippen LogP contribution in [0.4, 0.5) is 6.01 Å².